The molecule has 4 nitrogen and oxygen atoms in total. The minimum atomic E-state index is -0.525. The molecular weight excluding hydrogens is 252 g/mol. The number of carbonyl (C=O) groups excluding carboxylic acids is 1. The van der Waals surface area contributed by atoms with Gasteiger partial charge in [-0.1, -0.05) is 11.6 Å². The van der Waals surface area contributed by atoms with Crippen LogP contribution >= 0.6 is 11.6 Å². The van der Waals surface area contributed by atoms with Gasteiger partial charge in [-0.15, -0.1) is 0 Å². The molecule has 1 aliphatic carbocycles. The average Bonchev–Trinajstić information content (AvgIpc) is 2.34. The van der Waals surface area contributed by atoms with E-state index in [0.717, 1.165) is 31.4 Å². The van der Waals surface area contributed by atoms with Gasteiger partial charge in [0.25, 0.3) is 0 Å². The Morgan fingerprint density at radius 1 is 1.33 bits per heavy atom. The number of rotatable bonds is 3. The minimum Gasteiger partial charge on any atom is -0.393 e. The number of aliphatic hydroxyl groups is 1. The lowest BCUT2D eigenvalue weighted by Gasteiger charge is -2.27. The van der Waals surface area contributed by atoms with Crippen LogP contribution in [0, 0.1) is 0 Å². The summed E-state index contributed by atoms with van der Waals surface area (Å²) in [6.45, 7) is 0. The Kier molecular flexibility index (Phi) is 4.09. The summed E-state index contributed by atoms with van der Waals surface area (Å²) in [5, 5.41) is 13.2. The first-order chi connectivity index (χ1) is 8.56. The van der Waals surface area contributed by atoms with Crippen molar-refractivity contribution in [3.63, 3.8) is 0 Å². The largest absolute Gasteiger partial charge is 0.393 e. The first-order valence-electron chi connectivity index (χ1n) is 6.10. The Morgan fingerprint density at radius 3 is 2.61 bits per heavy atom. The molecule has 1 aliphatic rings. The van der Waals surface area contributed by atoms with Crippen LogP contribution in [0.5, 0.6) is 0 Å². The lowest BCUT2D eigenvalue weighted by molar-refractivity contribution is 0.100. The van der Waals surface area contributed by atoms with Crippen molar-refractivity contribution >= 4 is 23.2 Å². The topological polar surface area (TPSA) is 75.4 Å². The van der Waals surface area contributed by atoms with Crippen molar-refractivity contribution < 1.29 is 9.90 Å². The maximum atomic E-state index is 11.2. The molecule has 5 heteroatoms. The van der Waals surface area contributed by atoms with E-state index >= 15 is 0 Å². The van der Waals surface area contributed by atoms with Gasteiger partial charge in [0.1, 0.15) is 0 Å². The zero-order valence-electron chi connectivity index (χ0n) is 10.0. The number of carbonyl (C=O) groups is 1. The van der Waals surface area contributed by atoms with Crippen LogP contribution in [-0.2, 0) is 0 Å². The van der Waals surface area contributed by atoms with Crippen LogP contribution in [0.25, 0.3) is 0 Å². The molecule has 0 bridgehead atoms. The normalized spacial score (nSPS) is 23.7. The number of halogens is 1. The molecule has 2 rings (SSSR count). The number of benzene rings is 1. The number of primary amides is 1. The minimum absolute atomic E-state index is 0.172. The van der Waals surface area contributed by atoms with E-state index in [-0.39, 0.29) is 6.10 Å². The average molecular weight is 269 g/mol. The van der Waals surface area contributed by atoms with Crippen molar-refractivity contribution in [1.29, 1.82) is 0 Å². The summed E-state index contributed by atoms with van der Waals surface area (Å²) in [7, 11) is 0. The standard InChI is InChI=1S/C13H17ClN2O2/c14-12-6-3-9(7-11(12)13(15)18)16-8-1-4-10(17)5-2-8/h3,6-8,10,16-17H,1-2,4-5H2,(H2,15,18). The van der Waals surface area contributed by atoms with Gasteiger partial charge in [0.05, 0.1) is 16.7 Å². The molecular formula is C13H17ClN2O2. The van der Waals surface area contributed by atoms with Gasteiger partial charge in [-0.05, 0) is 43.9 Å². The molecule has 1 saturated carbocycles. The maximum Gasteiger partial charge on any atom is 0.250 e. The van der Waals surface area contributed by atoms with Gasteiger partial charge >= 0.3 is 0 Å². The summed E-state index contributed by atoms with van der Waals surface area (Å²) in [5.74, 6) is -0.525. The predicted octanol–water partition coefficient (Wildman–Crippen LogP) is 2.15. The van der Waals surface area contributed by atoms with E-state index in [0.29, 0.717) is 16.6 Å². The number of hydrogen-bond acceptors (Lipinski definition) is 3. The smallest absolute Gasteiger partial charge is 0.250 e. The summed E-state index contributed by atoms with van der Waals surface area (Å²) in [4.78, 5) is 11.2. The van der Waals surface area contributed by atoms with E-state index in [1.165, 1.54) is 0 Å². The van der Waals surface area contributed by atoms with Crippen LogP contribution in [0.15, 0.2) is 18.2 Å². The predicted molar refractivity (Wildman–Crippen MR) is 71.9 cm³/mol. The fraction of sp³-hybridized carbons (Fsp3) is 0.462. The second kappa shape index (κ2) is 5.59. The second-order valence-electron chi connectivity index (χ2n) is 4.71. The summed E-state index contributed by atoms with van der Waals surface area (Å²) in [5.41, 5.74) is 6.42. The Balaban J connectivity index is 2.05. The van der Waals surface area contributed by atoms with Crippen molar-refractivity contribution in [1.82, 2.24) is 0 Å². The van der Waals surface area contributed by atoms with Crippen LogP contribution in [0.1, 0.15) is 36.0 Å². The van der Waals surface area contributed by atoms with Gasteiger partial charge < -0.3 is 16.2 Å². The van der Waals surface area contributed by atoms with Crippen LogP contribution < -0.4 is 11.1 Å². The Hall–Kier alpha value is -1.26. The molecule has 1 amide bonds. The van der Waals surface area contributed by atoms with E-state index in [9.17, 15) is 9.90 Å². The molecule has 1 aromatic carbocycles. The van der Waals surface area contributed by atoms with E-state index < -0.39 is 5.91 Å². The second-order valence-corrected chi connectivity index (χ2v) is 5.12. The number of amides is 1. The number of nitrogens with two attached hydrogens (primary N) is 1. The highest BCUT2D eigenvalue weighted by Gasteiger charge is 2.19. The zero-order valence-corrected chi connectivity index (χ0v) is 10.8. The van der Waals surface area contributed by atoms with Crippen molar-refractivity contribution in [2.75, 3.05) is 5.32 Å². The molecule has 98 valence electrons. The summed E-state index contributed by atoms with van der Waals surface area (Å²) < 4.78 is 0. The zero-order chi connectivity index (χ0) is 13.1. The Bertz CT molecular complexity index is 443. The summed E-state index contributed by atoms with van der Waals surface area (Å²) in [6, 6.07) is 5.51. The molecule has 1 fully saturated rings. The third kappa shape index (κ3) is 3.15. The van der Waals surface area contributed by atoms with Gasteiger partial charge in [-0.2, -0.15) is 0 Å². The highest BCUT2D eigenvalue weighted by atomic mass is 35.5. The molecule has 1 aromatic rings. The molecule has 0 spiro atoms. The van der Waals surface area contributed by atoms with Gasteiger partial charge in [-0.3, -0.25) is 4.79 Å². The first-order valence-corrected chi connectivity index (χ1v) is 6.48. The monoisotopic (exact) mass is 268 g/mol. The molecule has 0 aromatic heterocycles. The number of aliphatic hydroxyl groups excluding tert-OH is 1. The molecule has 4 N–H and O–H groups in total. The van der Waals surface area contributed by atoms with Crippen molar-refractivity contribution in [2.45, 2.75) is 37.8 Å². The molecule has 0 atom stereocenters. The SMILES string of the molecule is NC(=O)c1cc(NC2CCC(O)CC2)ccc1Cl. The van der Waals surface area contributed by atoms with Gasteiger partial charge in [0.2, 0.25) is 5.91 Å². The number of hydrogen-bond donors (Lipinski definition) is 3. The third-order valence-electron chi connectivity index (χ3n) is 3.30. The third-order valence-corrected chi connectivity index (χ3v) is 3.63. The van der Waals surface area contributed by atoms with Gasteiger partial charge in [0, 0.05) is 11.7 Å². The number of anilines is 1. The van der Waals surface area contributed by atoms with E-state index in [2.05, 4.69) is 5.32 Å². The van der Waals surface area contributed by atoms with E-state index in [4.69, 9.17) is 17.3 Å². The fourth-order valence-corrected chi connectivity index (χ4v) is 2.47. The van der Waals surface area contributed by atoms with Crippen LogP contribution in [-0.4, -0.2) is 23.2 Å². The van der Waals surface area contributed by atoms with Gasteiger partial charge in [-0.25, -0.2) is 0 Å². The molecule has 0 saturated heterocycles. The quantitative estimate of drug-likeness (QED) is 0.786. The highest BCUT2D eigenvalue weighted by Crippen LogP contribution is 2.25. The summed E-state index contributed by atoms with van der Waals surface area (Å²) in [6.07, 6.45) is 3.31. The van der Waals surface area contributed by atoms with E-state index in [1.54, 1.807) is 12.1 Å². The van der Waals surface area contributed by atoms with Crippen LogP contribution in [0.3, 0.4) is 0 Å². The lowest BCUT2D eigenvalue weighted by atomic mass is 9.93. The maximum absolute atomic E-state index is 11.2. The molecule has 18 heavy (non-hydrogen) atoms. The number of nitrogens with one attached hydrogen (secondary N) is 1. The molecule has 0 unspecified atom stereocenters. The lowest BCUT2D eigenvalue weighted by Crippen LogP contribution is -2.28. The van der Waals surface area contributed by atoms with Crippen molar-refractivity contribution in [3.8, 4) is 0 Å². The van der Waals surface area contributed by atoms with Crippen molar-refractivity contribution in [3.05, 3.63) is 28.8 Å². The Labute approximate surface area is 111 Å². The van der Waals surface area contributed by atoms with Crippen LogP contribution in [0.2, 0.25) is 5.02 Å². The molecule has 0 aliphatic heterocycles. The molecule has 0 radical (unpaired) electrons. The first kappa shape index (κ1) is 13.2. The highest BCUT2D eigenvalue weighted by molar-refractivity contribution is 6.33. The van der Waals surface area contributed by atoms with E-state index in [1.807, 2.05) is 6.07 Å². The van der Waals surface area contributed by atoms with Gasteiger partial charge in [0.15, 0.2) is 0 Å². The van der Waals surface area contributed by atoms with Crippen LogP contribution in [0.4, 0.5) is 5.69 Å². The molecule has 0 heterocycles. The fourth-order valence-electron chi connectivity index (χ4n) is 2.26. The Morgan fingerprint density at radius 2 is 2.00 bits per heavy atom. The summed E-state index contributed by atoms with van der Waals surface area (Å²) >= 11 is 5.89. The van der Waals surface area contributed by atoms with Crippen molar-refractivity contribution in [2.24, 2.45) is 5.73 Å².